The lowest BCUT2D eigenvalue weighted by Gasteiger charge is -2.28. The Kier molecular flexibility index (Phi) is 2.91. The van der Waals surface area contributed by atoms with E-state index in [4.69, 9.17) is 10.5 Å². The van der Waals surface area contributed by atoms with Crippen molar-refractivity contribution in [1.29, 1.82) is 0 Å². The monoisotopic (exact) mass is 209 g/mol. The molecule has 2 rings (SSSR count). The van der Waals surface area contributed by atoms with Gasteiger partial charge in [-0.3, -0.25) is 0 Å². The Labute approximate surface area is 89.2 Å². The topological polar surface area (TPSA) is 35.2 Å². The molecule has 1 aliphatic carbocycles. The van der Waals surface area contributed by atoms with Crippen LogP contribution in [0, 0.1) is 5.82 Å². The second-order valence-corrected chi connectivity index (χ2v) is 4.12. The first-order chi connectivity index (χ1) is 7.18. The lowest BCUT2D eigenvalue weighted by atomic mass is 9.96. The summed E-state index contributed by atoms with van der Waals surface area (Å²) in [6.07, 6.45) is 3.39. The van der Waals surface area contributed by atoms with Crippen molar-refractivity contribution in [2.75, 3.05) is 0 Å². The molecule has 0 spiro atoms. The number of benzene rings is 1. The Morgan fingerprint density at radius 2 is 2.20 bits per heavy atom. The number of para-hydroxylation sites is 1. The maximum atomic E-state index is 13.6. The summed E-state index contributed by atoms with van der Waals surface area (Å²) >= 11 is 0. The van der Waals surface area contributed by atoms with Gasteiger partial charge >= 0.3 is 0 Å². The number of ether oxygens (including phenoxy) is 1. The van der Waals surface area contributed by atoms with Crippen molar-refractivity contribution < 1.29 is 9.13 Å². The maximum Gasteiger partial charge on any atom is 0.165 e. The minimum atomic E-state index is -0.309. The van der Waals surface area contributed by atoms with Gasteiger partial charge in [0.05, 0.1) is 6.10 Å². The van der Waals surface area contributed by atoms with Gasteiger partial charge in [-0.2, -0.15) is 0 Å². The standard InChI is InChI=1S/C12H16FNO/c1-8(14)10-6-3-7-11(13)12(10)15-9-4-2-5-9/h3,6-9H,2,4-5,14H2,1H3. The molecule has 82 valence electrons. The molecule has 1 aromatic carbocycles. The Morgan fingerprint density at radius 3 is 2.73 bits per heavy atom. The van der Waals surface area contributed by atoms with Crippen LogP contribution in [-0.4, -0.2) is 6.10 Å². The van der Waals surface area contributed by atoms with E-state index in [0.29, 0.717) is 5.75 Å². The van der Waals surface area contributed by atoms with Crippen molar-refractivity contribution in [2.24, 2.45) is 5.73 Å². The molecule has 0 heterocycles. The third-order valence-electron chi connectivity index (χ3n) is 2.82. The van der Waals surface area contributed by atoms with Crippen LogP contribution in [0.4, 0.5) is 4.39 Å². The summed E-state index contributed by atoms with van der Waals surface area (Å²) in [6, 6.07) is 4.71. The van der Waals surface area contributed by atoms with Crippen LogP contribution in [0.2, 0.25) is 0 Å². The van der Waals surface area contributed by atoms with Crippen LogP contribution >= 0.6 is 0 Å². The van der Waals surface area contributed by atoms with Gasteiger partial charge in [0.1, 0.15) is 0 Å². The van der Waals surface area contributed by atoms with Gasteiger partial charge in [0.2, 0.25) is 0 Å². The number of hydrogen-bond acceptors (Lipinski definition) is 2. The molecule has 0 amide bonds. The average molecular weight is 209 g/mol. The van der Waals surface area contributed by atoms with Crippen molar-refractivity contribution in [3.63, 3.8) is 0 Å². The van der Waals surface area contributed by atoms with Gasteiger partial charge < -0.3 is 10.5 Å². The van der Waals surface area contributed by atoms with Crippen molar-refractivity contribution >= 4 is 0 Å². The summed E-state index contributed by atoms with van der Waals surface area (Å²) < 4.78 is 19.2. The zero-order chi connectivity index (χ0) is 10.8. The lowest BCUT2D eigenvalue weighted by Crippen LogP contribution is -2.26. The SMILES string of the molecule is CC(N)c1cccc(F)c1OC1CCC1. The van der Waals surface area contributed by atoms with Crippen LogP contribution in [0.3, 0.4) is 0 Å². The van der Waals surface area contributed by atoms with E-state index < -0.39 is 0 Å². The molecular formula is C12H16FNO. The molecule has 1 atom stereocenters. The Balaban J connectivity index is 2.25. The summed E-state index contributed by atoms with van der Waals surface area (Å²) in [7, 11) is 0. The summed E-state index contributed by atoms with van der Waals surface area (Å²) in [6.45, 7) is 1.84. The van der Waals surface area contributed by atoms with E-state index in [2.05, 4.69) is 0 Å². The third kappa shape index (κ3) is 2.12. The Hall–Kier alpha value is -1.09. The number of halogens is 1. The largest absolute Gasteiger partial charge is 0.487 e. The molecule has 1 saturated carbocycles. The van der Waals surface area contributed by atoms with E-state index in [1.807, 2.05) is 13.0 Å². The molecule has 15 heavy (non-hydrogen) atoms. The number of rotatable bonds is 3. The highest BCUT2D eigenvalue weighted by molar-refractivity contribution is 5.37. The van der Waals surface area contributed by atoms with Crippen LogP contribution in [0.25, 0.3) is 0 Å². The van der Waals surface area contributed by atoms with E-state index in [1.54, 1.807) is 6.07 Å². The molecule has 1 aromatic rings. The Morgan fingerprint density at radius 1 is 1.47 bits per heavy atom. The highest BCUT2D eigenvalue weighted by Gasteiger charge is 2.22. The summed E-state index contributed by atoms with van der Waals surface area (Å²) in [5, 5.41) is 0. The van der Waals surface area contributed by atoms with Crippen molar-refractivity contribution in [3.8, 4) is 5.75 Å². The molecule has 0 aliphatic heterocycles. The Bertz CT molecular complexity index is 347. The van der Waals surface area contributed by atoms with Crippen LogP contribution in [0.1, 0.15) is 37.8 Å². The molecule has 3 heteroatoms. The summed E-state index contributed by atoms with van der Waals surface area (Å²) in [5.74, 6) is 0.0360. The van der Waals surface area contributed by atoms with Crippen LogP contribution < -0.4 is 10.5 Å². The molecule has 2 N–H and O–H groups in total. The molecule has 0 saturated heterocycles. The van der Waals surface area contributed by atoms with Crippen molar-refractivity contribution in [2.45, 2.75) is 38.3 Å². The predicted octanol–water partition coefficient (Wildman–Crippen LogP) is 2.78. The first kappa shape index (κ1) is 10.4. The fraction of sp³-hybridized carbons (Fsp3) is 0.500. The quantitative estimate of drug-likeness (QED) is 0.830. The molecule has 2 nitrogen and oxygen atoms in total. The maximum absolute atomic E-state index is 13.6. The number of nitrogens with two attached hydrogens (primary N) is 1. The highest BCUT2D eigenvalue weighted by atomic mass is 19.1. The van der Waals surface area contributed by atoms with E-state index in [9.17, 15) is 4.39 Å². The van der Waals surface area contributed by atoms with Gasteiger partial charge in [-0.1, -0.05) is 12.1 Å². The van der Waals surface area contributed by atoms with Gasteiger partial charge in [0.25, 0.3) is 0 Å². The zero-order valence-electron chi connectivity index (χ0n) is 8.87. The fourth-order valence-corrected chi connectivity index (χ4v) is 1.66. The average Bonchev–Trinajstić information content (AvgIpc) is 2.12. The molecule has 1 fully saturated rings. The molecule has 0 aromatic heterocycles. The normalized spacial score (nSPS) is 18.3. The third-order valence-corrected chi connectivity index (χ3v) is 2.82. The van der Waals surface area contributed by atoms with E-state index in [0.717, 1.165) is 18.4 Å². The molecular weight excluding hydrogens is 193 g/mol. The second kappa shape index (κ2) is 4.19. The van der Waals surface area contributed by atoms with E-state index in [-0.39, 0.29) is 18.0 Å². The van der Waals surface area contributed by atoms with Crippen LogP contribution in [0.5, 0.6) is 5.75 Å². The highest BCUT2D eigenvalue weighted by Crippen LogP contribution is 2.32. The zero-order valence-corrected chi connectivity index (χ0v) is 8.87. The molecule has 0 bridgehead atoms. The van der Waals surface area contributed by atoms with E-state index >= 15 is 0 Å². The summed E-state index contributed by atoms with van der Waals surface area (Å²) in [4.78, 5) is 0. The van der Waals surface area contributed by atoms with Gasteiger partial charge in [0.15, 0.2) is 11.6 Å². The second-order valence-electron chi connectivity index (χ2n) is 4.12. The minimum Gasteiger partial charge on any atom is -0.487 e. The van der Waals surface area contributed by atoms with Gasteiger partial charge in [0, 0.05) is 11.6 Å². The van der Waals surface area contributed by atoms with Gasteiger partial charge in [-0.05, 0) is 32.3 Å². The molecule has 1 unspecified atom stereocenters. The fourth-order valence-electron chi connectivity index (χ4n) is 1.66. The first-order valence-electron chi connectivity index (χ1n) is 5.39. The molecule has 0 radical (unpaired) electrons. The van der Waals surface area contributed by atoms with Crippen LogP contribution in [-0.2, 0) is 0 Å². The first-order valence-corrected chi connectivity index (χ1v) is 5.39. The van der Waals surface area contributed by atoms with Gasteiger partial charge in [-0.15, -0.1) is 0 Å². The smallest absolute Gasteiger partial charge is 0.165 e. The van der Waals surface area contributed by atoms with Gasteiger partial charge in [-0.25, -0.2) is 4.39 Å². The predicted molar refractivity (Wildman–Crippen MR) is 57.3 cm³/mol. The molecule has 1 aliphatic rings. The lowest BCUT2D eigenvalue weighted by molar-refractivity contribution is 0.113. The van der Waals surface area contributed by atoms with Crippen molar-refractivity contribution in [1.82, 2.24) is 0 Å². The van der Waals surface area contributed by atoms with Crippen LogP contribution in [0.15, 0.2) is 18.2 Å². The van der Waals surface area contributed by atoms with E-state index in [1.165, 1.54) is 12.5 Å². The van der Waals surface area contributed by atoms with Crippen molar-refractivity contribution in [3.05, 3.63) is 29.6 Å². The number of hydrogen-bond donors (Lipinski definition) is 1. The summed E-state index contributed by atoms with van der Waals surface area (Å²) in [5.41, 5.74) is 6.52. The minimum absolute atomic E-state index is 0.180.